The molecule has 120 valence electrons. The van der Waals surface area contributed by atoms with Gasteiger partial charge in [0.2, 0.25) is 0 Å². The predicted molar refractivity (Wildman–Crippen MR) is 85.4 cm³/mol. The van der Waals surface area contributed by atoms with E-state index >= 15 is 0 Å². The van der Waals surface area contributed by atoms with Gasteiger partial charge in [-0.15, -0.1) is 0 Å². The van der Waals surface area contributed by atoms with Gasteiger partial charge in [0.1, 0.15) is 13.2 Å². The zero-order valence-corrected chi connectivity index (χ0v) is 13.0. The first-order chi connectivity index (χ1) is 11.2. The SMILES string of the molecule is CN(Cc1ccc2c(c1)OCCO2)C(=O)NCc1ccccn1. The summed E-state index contributed by atoms with van der Waals surface area (Å²) in [4.78, 5) is 17.9. The van der Waals surface area contributed by atoms with Crippen molar-refractivity contribution < 1.29 is 14.3 Å². The molecule has 0 saturated carbocycles. The van der Waals surface area contributed by atoms with Gasteiger partial charge in [0.05, 0.1) is 12.2 Å². The summed E-state index contributed by atoms with van der Waals surface area (Å²) in [7, 11) is 1.75. The van der Waals surface area contributed by atoms with Crippen molar-refractivity contribution in [2.45, 2.75) is 13.1 Å². The average molecular weight is 313 g/mol. The first kappa shape index (κ1) is 15.1. The lowest BCUT2D eigenvalue weighted by atomic mass is 10.2. The van der Waals surface area contributed by atoms with E-state index in [0.29, 0.717) is 26.3 Å². The van der Waals surface area contributed by atoms with Gasteiger partial charge in [-0.2, -0.15) is 0 Å². The van der Waals surface area contributed by atoms with Crippen LogP contribution in [-0.2, 0) is 13.1 Å². The second-order valence-corrected chi connectivity index (χ2v) is 5.31. The number of hydrogen-bond acceptors (Lipinski definition) is 4. The molecule has 0 bridgehead atoms. The molecule has 0 unspecified atom stereocenters. The largest absolute Gasteiger partial charge is 0.486 e. The van der Waals surface area contributed by atoms with Gasteiger partial charge < -0.3 is 19.7 Å². The van der Waals surface area contributed by atoms with Crippen LogP contribution in [-0.4, -0.2) is 36.2 Å². The predicted octanol–water partition coefficient (Wildman–Crippen LogP) is 2.19. The van der Waals surface area contributed by atoms with Crippen molar-refractivity contribution in [1.82, 2.24) is 15.2 Å². The Kier molecular flexibility index (Phi) is 4.61. The van der Waals surface area contributed by atoms with Gasteiger partial charge in [-0.3, -0.25) is 4.98 Å². The minimum absolute atomic E-state index is 0.148. The van der Waals surface area contributed by atoms with E-state index in [0.717, 1.165) is 22.8 Å². The number of benzene rings is 1. The van der Waals surface area contributed by atoms with E-state index in [9.17, 15) is 4.79 Å². The van der Waals surface area contributed by atoms with Gasteiger partial charge >= 0.3 is 6.03 Å². The quantitative estimate of drug-likeness (QED) is 0.940. The van der Waals surface area contributed by atoms with E-state index in [1.54, 1.807) is 18.1 Å². The fraction of sp³-hybridized carbons (Fsp3) is 0.294. The summed E-state index contributed by atoms with van der Waals surface area (Å²) in [5.41, 5.74) is 1.82. The Labute approximate surface area is 135 Å². The number of aromatic nitrogens is 1. The van der Waals surface area contributed by atoms with E-state index in [4.69, 9.17) is 9.47 Å². The summed E-state index contributed by atoms with van der Waals surface area (Å²) >= 11 is 0. The van der Waals surface area contributed by atoms with Gasteiger partial charge in [0.25, 0.3) is 0 Å². The lowest BCUT2D eigenvalue weighted by Gasteiger charge is -2.21. The summed E-state index contributed by atoms with van der Waals surface area (Å²) in [5.74, 6) is 1.48. The molecule has 1 aromatic carbocycles. The zero-order chi connectivity index (χ0) is 16.1. The molecule has 6 heteroatoms. The Morgan fingerprint density at radius 2 is 2.04 bits per heavy atom. The number of fused-ring (bicyclic) bond motifs is 1. The summed E-state index contributed by atoms with van der Waals surface area (Å²) < 4.78 is 11.1. The van der Waals surface area contributed by atoms with Crippen molar-refractivity contribution in [3.05, 3.63) is 53.9 Å². The number of ether oxygens (including phenoxy) is 2. The third-order valence-electron chi connectivity index (χ3n) is 3.52. The van der Waals surface area contributed by atoms with Crippen LogP contribution < -0.4 is 14.8 Å². The van der Waals surface area contributed by atoms with E-state index < -0.39 is 0 Å². The molecule has 0 saturated heterocycles. The number of hydrogen-bond donors (Lipinski definition) is 1. The van der Waals surface area contributed by atoms with Crippen molar-refractivity contribution in [3.8, 4) is 11.5 Å². The standard InChI is InChI=1S/C17H19N3O3/c1-20(17(21)19-11-14-4-2-3-7-18-14)12-13-5-6-15-16(10-13)23-9-8-22-15/h2-7,10H,8-9,11-12H2,1H3,(H,19,21). The van der Waals surface area contributed by atoms with Gasteiger partial charge in [-0.1, -0.05) is 12.1 Å². The number of nitrogens with one attached hydrogen (secondary N) is 1. The van der Waals surface area contributed by atoms with Gasteiger partial charge in [0.15, 0.2) is 11.5 Å². The van der Waals surface area contributed by atoms with E-state index in [1.165, 1.54) is 0 Å². The van der Waals surface area contributed by atoms with Crippen LogP contribution in [0.4, 0.5) is 4.79 Å². The third kappa shape index (κ3) is 3.91. The highest BCUT2D eigenvalue weighted by Crippen LogP contribution is 2.30. The fourth-order valence-electron chi connectivity index (χ4n) is 2.34. The van der Waals surface area contributed by atoms with Crippen molar-refractivity contribution in [2.24, 2.45) is 0 Å². The normalized spacial score (nSPS) is 12.6. The second kappa shape index (κ2) is 7.00. The highest BCUT2D eigenvalue weighted by atomic mass is 16.6. The van der Waals surface area contributed by atoms with Gasteiger partial charge in [0, 0.05) is 19.8 Å². The fourth-order valence-corrected chi connectivity index (χ4v) is 2.34. The lowest BCUT2D eigenvalue weighted by molar-refractivity contribution is 0.171. The Bertz CT molecular complexity index is 676. The van der Waals surface area contributed by atoms with Gasteiger partial charge in [-0.05, 0) is 29.8 Å². The monoisotopic (exact) mass is 313 g/mol. The van der Waals surface area contributed by atoms with Crippen LogP contribution in [0.15, 0.2) is 42.6 Å². The maximum absolute atomic E-state index is 12.1. The molecule has 0 radical (unpaired) electrons. The number of carbonyl (C=O) groups is 1. The van der Waals surface area contributed by atoms with Crippen LogP contribution in [0.3, 0.4) is 0 Å². The highest BCUT2D eigenvalue weighted by Gasteiger charge is 2.14. The van der Waals surface area contributed by atoms with Crippen molar-refractivity contribution in [2.75, 3.05) is 20.3 Å². The minimum Gasteiger partial charge on any atom is -0.486 e. The molecule has 2 aromatic rings. The molecule has 2 amide bonds. The molecule has 3 rings (SSSR count). The molecule has 1 aliphatic heterocycles. The van der Waals surface area contributed by atoms with Crippen LogP contribution in [0.25, 0.3) is 0 Å². The second-order valence-electron chi connectivity index (χ2n) is 5.31. The number of carbonyl (C=O) groups excluding carboxylic acids is 1. The van der Waals surface area contributed by atoms with Crippen LogP contribution in [0.2, 0.25) is 0 Å². The molecule has 1 aromatic heterocycles. The maximum atomic E-state index is 12.1. The van der Waals surface area contributed by atoms with Crippen molar-refractivity contribution >= 4 is 6.03 Å². The molecule has 0 spiro atoms. The van der Waals surface area contributed by atoms with Crippen LogP contribution in [0.1, 0.15) is 11.3 Å². The minimum atomic E-state index is -0.148. The first-order valence-electron chi connectivity index (χ1n) is 7.50. The van der Waals surface area contributed by atoms with E-state index in [1.807, 2.05) is 36.4 Å². The Hall–Kier alpha value is -2.76. The molecule has 23 heavy (non-hydrogen) atoms. The van der Waals surface area contributed by atoms with Gasteiger partial charge in [-0.25, -0.2) is 4.79 Å². The molecule has 0 fully saturated rings. The Morgan fingerprint density at radius 3 is 2.83 bits per heavy atom. The average Bonchev–Trinajstić information content (AvgIpc) is 2.60. The molecule has 0 aliphatic carbocycles. The maximum Gasteiger partial charge on any atom is 0.317 e. The Morgan fingerprint density at radius 1 is 1.22 bits per heavy atom. The molecular weight excluding hydrogens is 294 g/mol. The van der Waals surface area contributed by atoms with Crippen molar-refractivity contribution in [1.29, 1.82) is 0 Å². The number of amides is 2. The molecule has 1 aliphatic rings. The van der Waals surface area contributed by atoms with Crippen LogP contribution >= 0.6 is 0 Å². The first-order valence-corrected chi connectivity index (χ1v) is 7.50. The number of pyridine rings is 1. The number of nitrogens with zero attached hydrogens (tertiary/aromatic N) is 2. The smallest absolute Gasteiger partial charge is 0.317 e. The number of urea groups is 1. The zero-order valence-electron chi connectivity index (χ0n) is 13.0. The van der Waals surface area contributed by atoms with E-state index in [-0.39, 0.29) is 6.03 Å². The van der Waals surface area contributed by atoms with E-state index in [2.05, 4.69) is 10.3 Å². The molecule has 6 nitrogen and oxygen atoms in total. The van der Waals surface area contributed by atoms with Crippen LogP contribution in [0, 0.1) is 0 Å². The molecule has 0 atom stereocenters. The van der Waals surface area contributed by atoms with Crippen molar-refractivity contribution in [3.63, 3.8) is 0 Å². The molecule has 2 heterocycles. The van der Waals surface area contributed by atoms with Crippen LogP contribution in [0.5, 0.6) is 11.5 Å². The highest BCUT2D eigenvalue weighted by molar-refractivity contribution is 5.73. The topological polar surface area (TPSA) is 63.7 Å². The summed E-state index contributed by atoms with van der Waals surface area (Å²) in [6, 6.07) is 11.2. The summed E-state index contributed by atoms with van der Waals surface area (Å²) in [6.45, 7) is 2.02. The third-order valence-corrected chi connectivity index (χ3v) is 3.52. The molecule has 1 N–H and O–H groups in total. The summed E-state index contributed by atoms with van der Waals surface area (Å²) in [5, 5.41) is 2.85. The lowest BCUT2D eigenvalue weighted by Crippen LogP contribution is -2.36. The Balaban J connectivity index is 1.55. The number of rotatable bonds is 4. The summed E-state index contributed by atoms with van der Waals surface area (Å²) in [6.07, 6.45) is 1.71. The molecular formula is C17H19N3O3.